The summed E-state index contributed by atoms with van der Waals surface area (Å²) in [6, 6.07) is 11.9. The molecule has 3 N–H and O–H groups in total. The first-order chi connectivity index (χ1) is 15.7. The molecule has 1 fully saturated rings. The number of H-pyrrole nitrogens is 1. The summed E-state index contributed by atoms with van der Waals surface area (Å²) >= 11 is 6.01. The standard InChI is InChI=1S/C22H21ClN6O3S/c1-13-9-28(33(31,32)20-8-15-7-16(23)3-5-18(15)27-20)11-21(30)29(13)10-14-2-4-17-19(6-14)25-12-26-22(17)24/h2-8,12-13,27H,9-11H2,1H3,(H2,24,25,26)/t13-/m1/s1. The van der Waals surface area contributed by atoms with Gasteiger partial charge in [-0.2, -0.15) is 4.31 Å². The average Bonchev–Trinajstić information content (AvgIpc) is 3.20. The highest BCUT2D eigenvalue weighted by atomic mass is 35.5. The molecule has 9 nitrogen and oxygen atoms in total. The summed E-state index contributed by atoms with van der Waals surface area (Å²) in [5.74, 6) is 0.132. The minimum atomic E-state index is -3.88. The summed E-state index contributed by atoms with van der Waals surface area (Å²) in [4.78, 5) is 25.8. The van der Waals surface area contributed by atoms with Crippen LogP contribution in [0.1, 0.15) is 12.5 Å². The Hall–Kier alpha value is -3.21. The van der Waals surface area contributed by atoms with Crippen molar-refractivity contribution in [2.24, 2.45) is 0 Å². The number of sulfonamides is 1. The third kappa shape index (κ3) is 3.90. The Morgan fingerprint density at radius 3 is 2.79 bits per heavy atom. The average molecular weight is 485 g/mol. The molecule has 0 bridgehead atoms. The van der Waals surface area contributed by atoms with Gasteiger partial charge >= 0.3 is 0 Å². The molecule has 4 aromatic rings. The van der Waals surface area contributed by atoms with E-state index in [9.17, 15) is 13.2 Å². The van der Waals surface area contributed by atoms with Crippen LogP contribution in [0.4, 0.5) is 5.82 Å². The van der Waals surface area contributed by atoms with Crippen LogP contribution < -0.4 is 5.73 Å². The lowest BCUT2D eigenvalue weighted by Gasteiger charge is -2.38. The molecule has 33 heavy (non-hydrogen) atoms. The fraction of sp³-hybridized carbons (Fsp3) is 0.227. The summed E-state index contributed by atoms with van der Waals surface area (Å²) in [5, 5.41) is 2.00. The van der Waals surface area contributed by atoms with Crippen LogP contribution >= 0.6 is 11.6 Å². The molecule has 2 aromatic carbocycles. The van der Waals surface area contributed by atoms with E-state index in [1.165, 1.54) is 10.6 Å². The number of fused-ring (bicyclic) bond motifs is 2. The summed E-state index contributed by atoms with van der Waals surface area (Å²) in [5.41, 5.74) is 8.12. The summed E-state index contributed by atoms with van der Waals surface area (Å²) in [6.45, 7) is 2.14. The Morgan fingerprint density at radius 2 is 2.00 bits per heavy atom. The van der Waals surface area contributed by atoms with Crippen molar-refractivity contribution in [2.45, 2.75) is 24.5 Å². The molecule has 2 aromatic heterocycles. The third-order valence-corrected chi connectivity index (χ3v) is 7.86. The molecule has 1 aliphatic heterocycles. The van der Waals surface area contributed by atoms with E-state index in [0.29, 0.717) is 33.8 Å². The van der Waals surface area contributed by atoms with Crippen molar-refractivity contribution in [3.63, 3.8) is 0 Å². The molecular formula is C22H21ClN6O3S. The first kappa shape index (κ1) is 21.6. The second-order valence-corrected chi connectivity index (χ2v) is 10.5. The number of hydrogen-bond donors (Lipinski definition) is 2. The van der Waals surface area contributed by atoms with Crippen molar-refractivity contribution in [3.8, 4) is 0 Å². The molecular weight excluding hydrogens is 464 g/mol. The van der Waals surface area contributed by atoms with Gasteiger partial charge in [0.2, 0.25) is 5.91 Å². The maximum atomic E-state index is 13.2. The second kappa shape index (κ2) is 7.98. The van der Waals surface area contributed by atoms with Crippen LogP contribution in [-0.2, 0) is 21.4 Å². The number of nitrogens with one attached hydrogen (secondary N) is 1. The van der Waals surface area contributed by atoms with E-state index < -0.39 is 10.0 Å². The highest BCUT2D eigenvalue weighted by molar-refractivity contribution is 7.89. The normalized spacial score (nSPS) is 17.8. The van der Waals surface area contributed by atoms with Gasteiger partial charge in [0.05, 0.1) is 12.1 Å². The zero-order chi connectivity index (χ0) is 23.3. The Kier molecular flexibility index (Phi) is 5.23. The molecule has 0 unspecified atom stereocenters. The maximum absolute atomic E-state index is 13.2. The Morgan fingerprint density at radius 1 is 1.18 bits per heavy atom. The van der Waals surface area contributed by atoms with Gasteiger partial charge in [0.15, 0.2) is 0 Å². The number of aromatic nitrogens is 3. The first-order valence-electron chi connectivity index (χ1n) is 10.3. The molecule has 3 heterocycles. The Bertz CT molecular complexity index is 1500. The van der Waals surface area contributed by atoms with Crippen LogP contribution in [0, 0.1) is 0 Å². The lowest BCUT2D eigenvalue weighted by atomic mass is 10.1. The van der Waals surface area contributed by atoms with Gasteiger partial charge in [-0.05, 0) is 48.9 Å². The van der Waals surface area contributed by atoms with Crippen LogP contribution in [0.25, 0.3) is 21.8 Å². The quantitative estimate of drug-likeness (QED) is 0.458. The molecule has 0 saturated carbocycles. The molecule has 0 aliphatic carbocycles. The largest absolute Gasteiger partial charge is 0.383 e. The second-order valence-electron chi connectivity index (χ2n) is 8.14. The number of halogens is 1. The lowest BCUT2D eigenvalue weighted by Crippen LogP contribution is -2.56. The molecule has 1 atom stereocenters. The zero-order valence-electron chi connectivity index (χ0n) is 17.7. The van der Waals surface area contributed by atoms with E-state index in [1.807, 2.05) is 25.1 Å². The van der Waals surface area contributed by atoms with E-state index in [-0.39, 0.29) is 30.1 Å². The van der Waals surface area contributed by atoms with Gasteiger partial charge in [0.1, 0.15) is 17.2 Å². The number of hydrogen-bond acceptors (Lipinski definition) is 6. The van der Waals surface area contributed by atoms with Gasteiger partial charge in [-0.1, -0.05) is 17.7 Å². The van der Waals surface area contributed by atoms with Crippen LogP contribution in [0.2, 0.25) is 5.02 Å². The molecule has 0 radical (unpaired) electrons. The predicted molar refractivity (Wildman–Crippen MR) is 126 cm³/mol. The van der Waals surface area contributed by atoms with Crippen LogP contribution in [-0.4, -0.2) is 57.6 Å². The zero-order valence-corrected chi connectivity index (χ0v) is 19.3. The number of carbonyl (C=O) groups is 1. The first-order valence-corrected chi connectivity index (χ1v) is 12.1. The van der Waals surface area contributed by atoms with Crippen molar-refractivity contribution in [3.05, 3.63) is 59.4 Å². The highest BCUT2D eigenvalue weighted by Gasteiger charge is 2.37. The van der Waals surface area contributed by atoms with Gasteiger partial charge in [0, 0.05) is 40.4 Å². The third-order valence-electron chi connectivity index (χ3n) is 5.89. The number of nitrogens with two attached hydrogens (primary N) is 1. The van der Waals surface area contributed by atoms with Crippen molar-refractivity contribution in [1.82, 2.24) is 24.2 Å². The van der Waals surface area contributed by atoms with Crippen LogP contribution in [0.3, 0.4) is 0 Å². The molecule has 1 amide bonds. The van der Waals surface area contributed by atoms with Crippen molar-refractivity contribution >= 4 is 55.2 Å². The van der Waals surface area contributed by atoms with Crippen molar-refractivity contribution < 1.29 is 13.2 Å². The number of carbonyl (C=O) groups excluding carboxylic acids is 1. The minimum Gasteiger partial charge on any atom is -0.383 e. The van der Waals surface area contributed by atoms with Crippen molar-refractivity contribution in [1.29, 1.82) is 0 Å². The minimum absolute atomic E-state index is 0.0417. The van der Waals surface area contributed by atoms with Gasteiger partial charge in [-0.15, -0.1) is 0 Å². The van der Waals surface area contributed by atoms with Crippen molar-refractivity contribution in [2.75, 3.05) is 18.8 Å². The predicted octanol–water partition coefficient (Wildman–Crippen LogP) is 2.77. The summed E-state index contributed by atoms with van der Waals surface area (Å²) < 4.78 is 27.7. The molecule has 5 rings (SSSR count). The maximum Gasteiger partial charge on any atom is 0.259 e. The molecule has 11 heteroatoms. The summed E-state index contributed by atoms with van der Waals surface area (Å²) in [6.07, 6.45) is 1.40. The number of aromatic amines is 1. The number of rotatable bonds is 4. The van der Waals surface area contributed by atoms with Gasteiger partial charge in [-0.3, -0.25) is 4.79 Å². The van der Waals surface area contributed by atoms with E-state index in [2.05, 4.69) is 15.0 Å². The highest BCUT2D eigenvalue weighted by Crippen LogP contribution is 2.27. The number of nitrogens with zero attached hydrogens (tertiary/aromatic N) is 4. The molecule has 170 valence electrons. The van der Waals surface area contributed by atoms with Gasteiger partial charge < -0.3 is 15.6 Å². The van der Waals surface area contributed by atoms with E-state index in [0.717, 1.165) is 10.9 Å². The summed E-state index contributed by atoms with van der Waals surface area (Å²) in [7, 11) is -3.88. The molecule has 1 saturated heterocycles. The fourth-order valence-electron chi connectivity index (χ4n) is 4.15. The van der Waals surface area contributed by atoms with Crippen LogP contribution in [0.15, 0.2) is 53.8 Å². The number of anilines is 1. The van der Waals surface area contributed by atoms with Gasteiger partial charge in [-0.25, -0.2) is 18.4 Å². The monoisotopic (exact) mass is 484 g/mol. The van der Waals surface area contributed by atoms with E-state index >= 15 is 0 Å². The Labute approximate surface area is 195 Å². The smallest absolute Gasteiger partial charge is 0.259 e. The number of nitrogen functional groups attached to an aromatic ring is 1. The van der Waals surface area contributed by atoms with E-state index in [4.69, 9.17) is 17.3 Å². The van der Waals surface area contributed by atoms with Crippen LogP contribution in [0.5, 0.6) is 0 Å². The van der Waals surface area contributed by atoms with Gasteiger partial charge in [0.25, 0.3) is 10.0 Å². The molecule has 1 aliphatic rings. The fourth-order valence-corrected chi connectivity index (χ4v) is 5.81. The topological polar surface area (TPSA) is 125 Å². The number of benzene rings is 2. The number of piperazine rings is 1. The number of amides is 1. The Balaban J connectivity index is 1.37. The lowest BCUT2D eigenvalue weighted by molar-refractivity contribution is -0.137. The SMILES string of the molecule is C[C@@H]1CN(S(=O)(=O)c2cc3cc(Cl)ccc3[nH]2)CC(=O)N1Cc1ccc2c(N)ncnc2c1. The molecule has 0 spiro atoms. The van der Waals surface area contributed by atoms with E-state index in [1.54, 1.807) is 29.2 Å².